The molecule has 186 valence electrons. The van der Waals surface area contributed by atoms with Gasteiger partial charge in [-0.15, -0.1) is 0 Å². The van der Waals surface area contributed by atoms with Gasteiger partial charge in [0.15, 0.2) is 6.61 Å². The summed E-state index contributed by atoms with van der Waals surface area (Å²) in [5.74, 6) is 1.18. The molecule has 33 heavy (non-hydrogen) atoms. The minimum atomic E-state index is -5.84. The van der Waals surface area contributed by atoms with Gasteiger partial charge >= 0.3 is 18.2 Å². The number of rotatable bonds is 8. The fourth-order valence-corrected chi connectivity index (χ4v) is 3.19. The summed E-state index contributed by atoms with van der Waals surface area (Å²) in [7, 11) is 1.40. The summed E-state index contributed by atoms with van der Waals surface area (Å²) in [4.78, 5) is 16.0. The van der Waals surface area contributed by atoms with Crippen molar-refractivity contribution in [1.82, 2.24) is 15.3 Å². The molecule has 0 bridgehead atoms. The zero-order valence-electron chi connectivity index (χ0n) is 18.3. The van der Waals surface area contributed by atoms with Crippen LogP contribution in [0.4, 0.5) is 26.7 Å². The summed E-state index contributed by atoms with van der Waals surface area (Å²) < 4.78 is 72.3. The molecule has 0 radical (unpaired) electrons. The Balaban J connectivity index is 2.05. The molecule has 13 heteroatoms. The molecule has 1 aromatic heterocycles. The number of hydrazine groups is 1. The number of halogens is 5. The van der Waals surface area contributed by atoms with Crippen molar-refractivity contribution in [2.24, 2.45) is 11.6 Å². The fraction of sp³-hybridized carbons (Fsp3) is 0.600. The van der Waals surface area contributed by atoms with Gasteiger partial charge in [-0.25, -0.2) is 15.6 Å². The van der Waals surface area contributed by atoms with Crippen molar-refractivity contribution in [3.63, 3.8) is 0 Å². The SMILES string of the molecule is Cc1nc(/C(N)=C(\CNC(=O)OCC(F)(F)C(F)(F)F)N(C)N)ccc1OC1CCCCC1. The number of pyridine rings is 1. The number of likely N-dealkylation sites (N-methyl/N-ethyl adjacent to an activating group) is 1. The number of nitrogens with two attached hydrogens (primary N) is 2. The van der Waals surface area contributed by atoms with Crippen LogP contribution in [0.5, 0.6) is 5.75 Å². The van der Waals surface area contributed by atoms with E-state index in [1.54, 1.807) is 19.1 Å². The highest BCUT2D eigenvalue weighted by Gasteiger charge is 2.58. The Morgan fingerprint density at radius 3 is 2.39 bits per heavy atom. The lowest BCUT2D eigenvalue weighted by atomic mass is 9.98. The van der Waals surface area contributed by atoms with E-state index in [1.807, 2.05) is 5.32 Å². The standard InChI is InChI=1S/C20H28F5N5O3/c1-12-16(33-13-6-4-3-5-7-13)9-8-14(29-12)17(26)15(30(2)27)10-28-18(31)32-11-19(21,22)20(23,24)25/h8-9,13H,3-7,10-11,26-27H2,1-2H3,(H,28,31)/b17-15-. The van der Waals surface area contributed by atoms with E-state index < -0.39 is 31.3 Å². The Kier molecular flexibility index (Phi) is 8.69. The lowest BCUT2D eigenvalue weighted by Gasteiger charge is -2.24. The molecule has 0 aliphatic heterocycles. The molecule has 0 saturated heterocycles. The number of ether oxygens (including phenoxy) is 2. The van der Waals surface area contributed by atoms with E-state index in [1.165, 1.54) is 13.5 Å². The summed E-state index contributed by atoms with van der Waals surface area (Å²) in [6, 6.07) is 3.32. The molecule has 1 saturated carbocycles. The zero-order valence-corrected chi connectivity index (χ0v) is 18.3. The summed E-state index contributed by atoms with van der Waals surface area (Å²) >= 11 is 0. The lowest BCUT2D eigenvalue weighted by Crippen LogP contribution is -2.43. The normalized spacial score (nSPS) is 16.1. The van der Waals surface area contributed by atoms with Crippen LogP contribution < -0.4 is 21.6 Å². The number of carbonyl (C=O) groups is 1. The van der Waals surface area contributed by atoms with E-state index in [9.17, 15) is 26.7 Å². The fourth-order valence-electron chi connectivity index (χ4n) is 3.19. The molecule has 0 unspecified atom stereocenters. The molecule has 1 aliphatic carbocycles. The van der Waals surface area contributed by atoms with Crippen LogP contribution in [0.25, 0.3) is 5.70 Å². The number of hydrogen-bond acceptors (Lipinski definition) is 7. The van der Waals surface area contributed by atoms with E-state index in [4.69, 9.17) is 16.3 Å². The molecule has 0 spiro atoms. The van der Waals surface area contributed by atoms with Crippen molar-refractivity contribution >= 4 is 11.8 Å². The topological polar surface area (TPSA) is 116 Å². The van der Waals surface area contributed by atoms with Crippen LogP contribution in [-0.2, 0) is 4.74 Å². The minimum Gasteiger partial charge on any atom is -0.489 e. The van der Waals surface area contributed by atoms with Gasteiger partial charge in [0.1, 0.15) is 5.75 Å². The third-order valence-corrected chi connectivity index (χ3v) is 5.10. The van der Waals surface area contributed by atoms with Crippen LogP contribution in [-0.4, -0.2) is 54.5 Å². The molecule has 1 aliphatic rings. The number of alkyl carbamates (subject to hydrolysis) is 1. The maximum Gasteiger partial charge on any atom is 0.456 e. The van der Waals surface area contributed by atoms with Gasteiger partial charge in [-0.3, -0.25) is 0 Å². The molecule has 2 rings (SSSR count). The van der Waals surface area contributed by atoms with Crippen LogP contribution >= 0.6 is 0 Å². The van der Waals surface area contributed by atoms with Gasteiger partial charge in [-0.2, -0.15) is 22.0 Å². The molecule has 1 heterocycles. The average Bonchev–Trinajstić information content (AvgIpc) is 2.73. The van der Waals surface area contributed by atoms with Crippen LogP contribution in [0.1, 0.15) is 43.5 Å². The monoisotopic (exact) mass is 481 g/mol. The molecular weight excluding hydrogens is 453 g/mol. The molecule has 8 nitrogen and oxygen atoms in total. The van der Waals surface area contributed by atoms with Crippen LogP contribution in [0.3, 0.4) is 0 Å². The Labute approximate surface area is 188 Å². The van der Waals surface area contributed by atoms with Gasteiger partial charge in [0.2, 0.25) is 0 Å². The number of aryl methyl sites for hydroxylation is 1. The van der Waals surface area contributed by atoms with Gasteiger partial charge in [-0.05, 0) is 44.7 Å². The highest BCUT2D eigenvalue weighted by Crippen LogP contribution is 2.35. The predicted octanol–water partition coefficient (Wildman–Crippen LogP) is 3.46. The maximum absolute atomic E-state index is 12.9. The first-order valence-corrected chi connectivity index (χ1v) is 10.3. The van der Waals surface area contributed by atoms with Gasteiger partial charge in [0, 0.05) is 7.05 Å². The summed E-state index contributed by atoms with van der Waals surface area (Å²) in [6.07, 6.45) is -1.84. The van der Waals surface area contributed by atoms with Crippen molar-refractivity contribution in [2.75, 3.05) is 20.2 Å². The number of amides is 1. The van der Waals surface area contributed by atoms with Crippen molar-refractivity contribution in [3.8, 4) is 5.75 Å². The molecule has 1 amide bonds. The van der Waals surface area contributed by atoms with Crippen LogP contribution in [0.2, 0.25) is 0 Å². The second-order valence-electron chi connectivity index (χ2n) is 7.76. The van der Waals surface area contributed by atoms with Crippen LogP contribution in [0.15, 0.2) is 17.8 Å². The van der Waals surface area contributed by atoms with Crippen LogP contribution in [0, 0.1) is 6.92 Å². The average molecular weight is 481 g/mol. The largest absolute Gasteiger partial charge is 0.489 e. The smallest absolute Gasteiger partial charge is 0.456 e. The van der Waals surface area contributed by atoms with Crippen molar-refractivity contribution in [3.05, 3.63) is 29.2 Å². The molecule has 1 fully saturated rings. The Morgan fingerprint density at radius 2 is 1.85 bits per heavy atom. The number of nitrogens with one attached hydrogen (secondary N) is 1. The van der Waals surface area contributed by atoms with E-state index >= 15 is 0 Å². The first-order chi connectivity index (χ1) is 15.3. The van der Waals surface area contributed by atoms with Gasteiger partial charge in [0.25, 0.3) is 0 Å². The third-order valence-electron chi connectivity index (χ3n) is 5.10. The zero-order chi connectivity index (χ0) is 24.8. The minimum absolute atomic E-state index is 0.0632. The Bertz CT molecular complexity index is 855. The number of aromatic nitrogens is 1. The molecule has 1 aromatic rings. The number of nitrogens with zero attached hydrogens (tertiary/aromatic N) is 2. The maximum atomic E-state index is 12.9. The van der Waals surface area contributed by atoms with E-state index in [2.05, 4.69) is 9.72 Å². The summed E-state index contributed by atoms with van der Waals surface area (Å²) in [5, 5.41) is 3.10. The van der Waals surface area contributed by atoms with E-state index in [0.717, 1.165) is 30.7 Å². The first kappa shape index (κ1) is 26.4. The number of alkyl halides is 5. The molecule has 5 N–H and O–H groups in total. The molecule has 0 aromatic carbocycles. The molecular formula is C20H28F5N5O3. The highest BCUT2D eigenvalue weighted by molar-refractivity contribution is 5.69. The molecule has 0 atom stereocenters. The lowest BCUT2D eigenvalue weighted by molar-refractivity contribution is -0.292. The van der Waals surface area contributed by atoms with Crippen molar-refractivity contribution < 1.29 is 36.2 Å². The summed E-state index contributed by atoms with van der Waals surface area (Å²) in [5.41, 5.74) is 7.21. The van der Waals surface area contributed by atoms with Crippen molar-refractivity contribution in [2.45, 2.75) is 57.2 Å². The van der Waals surface area contributed by atoms with Gasteiger partial charge in [0.05, 0.1) is 35.4 Å². The van der Waals surface area contributed by atoms with E-state index in [-0.39, 0.29) is 17.5 Å². The summed E-state index contributed by atoms with van der Waals surface area (Å²) in [6.45, 7) is -0.813. The Hall–Kier alpha value is -2.83. The van der Waals surface area contributed by atoms with Gasteiger partial charge < -0.3 is 25.5 Å². The quantitative estimate of drug-likeness (QED) is 0.296. The Morgan fingerprint density at radius 1 is 1.21 bits per heavy atom. The predicted molar refractivity (Wildman–Crippen MR) is 110 cm³/mol. The third kappa shape index (κ3) is 7.34. The second-order valence-corrected chi connectivity index (χ2v) is 7.76. The van der Waals surface area contributed by atoms with E-state index in [0.29, 0.717) is 17.1 Å². The number of carbonyl (C=O) groups excluding carboxylic acids is 1. The van der Waals surface area contributed by atoms with Gasteiger partial charge in [-0.1, -0.05) is 6.42 Å². The first-order valence-electron chi connectivity index (χ1n) is 10.3. The highest BCUT2D eigenvalue weighted by atomic mass is 19.4. The van der Waals surface area contributed by atoms with Crippen molar-refractivity contribution in [1.29, 1.82) is 0 Å². The number of hydrogen-bond donors (Lipinski definition) is 3. The second kappa shape index (κ2) is 10.9.